The van der Waals surface area contributed by atoms with E-state index in [1.54, 1.807) is 0 Å². The van der Waals surface area contributed by atoms with Crippen LogP contribution >= 0.6 is 0 Å². The monoisotopic (exact) mass is 214 g/mol. The van der Waals surface area contributed by atoms with Crippen LogP contribution in [0.4, 0.5) is 0 Å². The molecule has 0 atom stereocenters. The molecule has 0 unspecified atom stereocenters. The summed E-state index contributed by atoms with van der Waals surface area (Å²) in [5.41, 5.74) is -0.00795. The van der Waals surface area contributed by atoms with Crippen LogP contribution < -0.4 is 0 Å². The van der Waals surface area contributed by atoms with Gasteiger partial charge in [-0.15, -0.1) is 37.0 Å². The van der Waals surface area contributed by atoms with Crippen LogP contribution in [0.5, 0.6) is 0 Å². The summed E-state index contributed by atoms with van der Waals surface area (Å²) in [4.78, 5) is 0. The maximum absolute atomic E-state index is 5.42. The van der Waals surface area contributed by atoms with Gasteiger partial charge in [-0.05, 0) is 6.42 Å². The molecule has 0 radical (unpaired) electrons. The van der Waals surface area contributed by atoms with Crippen molar-refractivity contribution in [3.05, 3.63) is 0 Å². The standard InChI is InChI=1S/C16H22/c1-5-9-10-11-15-16(12-6-2,13-7-3)14-8-4/h2-4H,5,9-15H2,1H3. The van der Waals surface area contributed by atoms with Gasteiger partial charge >= 0.3 is 0 Å². The Kier molecular flexibility index (Phi) is 8.21. The second-order valence-electron chi connectivity index (χ2n) is 4.45. The van der Waals surface area contributed by atoms with Gasteiger partial charge in [0, 0.05) is 24.7 Å². The zero-order valence-corrected chi connectivity index (χ0v) is 10.4. The smallest absolute Gasteiger partial charge is 0.0161 e. The first-order valence-electron chi connectivity index (χ1n) is 6.05. The van der Waals surface area contributed by atoms with Crippen LogP contribution in [0.15, 0.2) is 0 Å². The van der Waals surface area contributed by atoms with Crippen LogP contribution in [0.3, 0.4) is 0 Å². The molecule has 0 heteroatoms. The molecule has 0 spiro atoms. The first-order valence-corrected chi connectivity index (χ1v) is 6.05. The van der Waals surface area contributed by atoms with Crippen molar-refractivity contribution < 1.29 is 0 Å². The highest BCUT2D eigenvalue weighted by Crippen LogP contribution is 2.36. The molecule has 0 aromatic heterocycles. The highest BCUT2D eigenvalue weighted by molar-refractivity contribution is 5.06. The van der Waals surface area contributed by atoms with Crippen LogP contribution in [0, 0.1) is 42.4 Å². The van der Waals surface area contributed by atoms with E-state index < -0.39 is 0 Å². The van der Waals surface area contributed by atoms with Gasteiger partial charge in [0.1, 0.15) is 0 Å². The van der Waals surface area contributed by atoms with Gasteiger partial charge in [0.05, 0.1) is 0 Å². The highest BCUT2D eigenvalue weighted by Gasteiger charge is 2.26. The zero-order valence-electron chi connectivity index (χ0n) is 10.4. The Morgan fingerprint density at radius 2 is 1.31 bits per heavy atom. The molecule has 86 valence electrons. The molecule has 0 aromatic carbocycles. The molecule has 0 fully saturated rings. The predicted molar refractivity (Wildman–Crippen MR) is 71.5 cm³/mol. The minimum Gasteiger partial charge on any atom is -0.120 e. The van der Waals surface area contributed by atoms with Crippen molar-refractivity contribution >= 4 is 0 Å². The van der Waals surface area contributed by atoms with Gasteiger partial charge in [0.15, 0.2) is 0 Å². The lowest BCUT2D eigenvalue weighted by Gasteiger charge is -2.28. The minimum absolute atomic E-state index is 0.00795. The van der Waals surface area contributed by atoms with Gasteiger partial charge in [0.25, 0.3) is 0 Å². The average Bonchev–Trinajstić information content (AvgIpc) is 2.26. The van der Waals surface area contributed by atoms with E-state index >= 15 is 0 Å². The number of hydrogen-bond donors (Lipinski definition) is 0. The molecule has 0 heterocycles. The lowest BCUT2D eigenvalue weighted by Crippen LogP contribution is -2.19. The van der Waals surface area contributed by atoms with Gasteiger partial charge in [-0.25, -0.2) is 0 Å². The summed E-state index contributed by atoms with van der Waals surface area (Å²) >= 11 is 0. The van der Waals surface area contributed by atoms with Gasteiger partial charge in [-0.3, -0.25) is 0 Å². The Bertz CT molecular complexity index is 249. The van der Waals surface area contributed by atoms with Crippen LogP contribution in [0.25, 0.3) is 0 Å². The summed E-state index contributed by atoms with van der Waals surface area (Å²) in [6.07, 6.45) is 24.4. The maximum Gasteiger partial charge on any atom is 0.0161 e. The first kappa shape index (κ1) is 14.7. The van der Waals surface area contributed by atoms with Crippen LogP contribution in [0.1, 0.15) is 58.3 Å². The molecule has 0 bridgehead atoms. The molecule has 0 aromatic rings. The molecule has 0 saturated heterocycles. The van der Waals surface area contributed by atoms with E-state index in [1.165, 1.54) is 25.7 Å². The number of unbranched alkanes of at least 4 members (excludes halogenated alkanes) is 3. The minimum atomic E-state index is -0.00795. The Hall–Kier alpha value is -1.32. The third kappa shape index (κ3) is 5.53. The van der Waals surface area contributed by atoms with E-state index in [0.29, 0.717) is 19.3 Å². The number of terminal acetylenes is 3. The Labute approximate surface area is 101 Å². The predicted octanol–water partition coefficient (Wildman–Crippen LogP) is 4.01. The Morgan fingerprint density at radius 1 is 0.812 bits per heavy atom. The molecular weight excluding hydrogens is 192 g/mol. The summed E-state index contributed by atoms with van der Waals surface area (Å²) in [5.74, 6) is 8.18. The molecule has 0 rings (SSSR count). The average molecular weight is 214 g/mol. The largest absolute Gasteiger partial charge is 0.120 e. The number of hydrogen-bond acceptors (Lipinski definition) is 0. The topological polar surface area (TPSA) is 0 Å². The molecule has 16 heavy (non-hydrogen) atoms. The third-order valence-electron chi connectivity index (χ3n) is 2.99. The van der Waals surface area contributed by atoms with E-state index in [4.69, 9.17) is 19.3 Å². The fourth-order valence-electron chi connectivity index (χ4n) is 2.03. The van der Waals surface area contributed by atoms with Crippen molar-refractivity contribution in [2.45, 2.75) is 58.3 Å². The van der Waals surface area contributed by atoms with Crippen molar-refractivity contribution in [1.29, 1.82) is 0 Å². The second kappa shape index (κ2) is 8.95. The molecule has 0 N–H and O–H groups in total. The molecule has 0 nitrogen and oxygen atoms in total. The van der Waals surface area contributed by atoms with Crippen molar-refractivity contribution in [3.63, 3.8) is 0 Å². The lowest BCUT2D eigenvalue weighted by atomic mass is 9.74. The summed E-state index contributed by atoms with van der Waals surface area (Å²) in [6, 6.07) is 0. The van der Waals surface area contributed by atoms with Gasteiger partial charge < -0.3 is 0 Å². The van der Waals surface area contributed by atoms with E-state index in [0.717, 1.165) is 6.42 Å². The first-order chi connectivity index (χ1) is 7.74. The van der Waals surface area contributed by atoms with Crippen molar-refractivity contribution in [3.8, 4) is 37.0 Å². The fourth-order valence-corrected chi connectivity index (χ4v) is 2.03. The van der Waals surface area contributed by atoms with Gasteiger partial charge in [-0.1, -0.05) is 32.6 Å². The van der Waals surface area contributed by atoms with Crippen molar-refractivity contribution in [1.82, 2.24) is 0 Å². The lowest BCUT2D eigenvalue weighted by molar-refractivity contribution is 0.274. The molecular formula is C16H22. The SMILES string of the molecule is C#CCC(CC#C)(CC#C)CCCCCC. The molecule has 0 aliphatic heterocycles. The molecule has 0 aliphatic carbocycles. The molecule has 0 saturated carbocycles. The van der Waals surface area contributed by atoms with E-state index in [-0.39, 0.29) is 5.41 Å². The van der Waals surface area contributed by atoms with Crippen LogP contribution in [-0.2, 0) is 0 Å². The molecule has 0 aliphatic rings. The summed E-state index contributed by atoms with van der Waals surface area (Å²) in [5, 5.41) is 0. The fraction of sp³-hybridized carbons (Fsp3) is 0.625. The van der Waals surface area contributed by atoms with Gasteiger partial charge in [-0.2, -0.15) is 0 Å². The Morgan fingerprint density at radius 3 is 1.69 bits per heavy atom. The van der Waals surface area contributed by atoms with Crippen molar-refractivity contribution in [2.24, 2.45) is 5.41 Å². The quantitative estimate of drug-likeness (QED) is 0.423. The summed E-state index contributed by atoms with van der Waals surface area (Å²) in [7, 11) is 0. The third-order valence-corrected chi connectivity index (χ3v) is 2.99. The van der Waals surface area contributed by atoms with E-state index in [2.05, 4.69) is 24.7 Å². The van der Waals surface area contributed by atoms with E-state index in [1.807, 2.05) is 0 Å². The van der Waals surface area contributed by atoms with Gasteiger partial charge in [0.2, 0.25) is 0 Å². The molecule has 0 amide bonds. The Balaban J connectivity index is 4.33. The van der Waals surface area contributed by atoms with E-state index in [9.17, 15) is 0 Å². The van der Waals surface area contributed by atoms with Crippen LogP contribution in [-0.4, -0.2) is 0 Å². The zero-order chi connectivity index (χ0) is 12.3. The highest BCUT2D eigenvalue weighted by atomic mass is 14.3. The van der Waals surface area contributed by atoms with Crippen LogP contribution in [0.2, 0.25) is 0 Å². The van der Waals surface area contributed by atoms with Crippen molar-refractivity contribution in [2.75, 3.05) is 0 Å². The second-order valence-corrected chi connectivity index (χ2v) is 4.45. The summed E-state index contributed by atoms with van der Waals surface area (Å²) in [6.45, 7) is 2.21. The summed E-state index contributed by atoms with van der Waals surface area (Å²) < 4.78 is 0. The normalized spacial score (nSPS) is 10.1. The maximum atomic E-state index is 5.42. The number of rotatable bonds is 8.